The Morgan fingerprint density at radius 2 is 1.95 bits per heavy atom. The van der Waals surface area contributed by atoms with Gasteiger partial charge < -0.3 is 0 Å². The first-order chi connectivity index (χ1) is 8.59. The summed E-state index contributed by atoms with van der Waals surface area (Å²) in [6, 6.07) is -0.134. The molecule has 7 heteroatoms. The van der Waals surface area contributed by atoms with Crippen molar-refractivity contribution < 1.29 is 8.42 Å². The van der Waals surface area contributed by atoms with Gasteiger partial charge in [-0.2, -0.15) is 5.10 Å². The summed E-state index contributed by atoms with van der Waals surface area (Å²) in [6.45, 7) is 9.48. The van der Waals surface area contributed by atoms with Gasteiger partial charge in [-0.25, -0.2) is 13.1 Å². The van der Waals surface area contributed by atoms with E-state index in [0.717, 1.165) is 11.8 Å². The van der Waals surface area contributed by atoms with Crippen LogP contribution >= 0.6 is 15.9 Å². The van der Waals surface area contributed by atoms with Crippen LogP contribution in [0.5, 0.6) is 0 Å². The summed E-state index contributed by atoms with van der Waals surface area (Å²) >= 11 is 3.37. The SMILES string of the molecule is Cc1n[nH]c(C)c1S(=O)(=O)NC(CCBr)C(C)(C)C. The minimum atomic E-state index is -3.55. The van der Waals surface area contributed by atoms with Gasteiger partial charge in [-0.1, -0.05) is 36.7 Å². The topological polar surface area (TPSA) is 74.8 Å². The predicted octanol–water partition coefficient (Wildman–Crippen LogP) is 2.50. The number of rotatable bonds is 5. The van der Waals surface area contributed by atoms with Gasteiger partial charge in [0.25, 0.3) is 0 Å². The normalized spacial score (nSPS) is 14.6. The second-order valence-corrected chi connectivity index (χ2v) is 8.22. The summed E-state index contributed by atoms with van der Waals surface area (Å²) in [7, 11) is -3.55. The molecule has 0 spiro atoms. The fourth-order valence-electron chi connectivity index (χ4n) is 1.96. The molecule has 0 radical (unpaired) electrons. The second kappa shape index (κ2) is 5.93. The molecule has 1 aromatic heterocycles. The van der Waals surface area contributed by atoms with E-state index in [4.69, 9.17) is 0 Å². The molecule has 1 aromatic rings. The van der Waals surface area contributed by atoms with E-state index >= 15 is 0 Å². The highest BCUT2D eigenvalue weighted by atomic mass is 79.9. The molecule has 0 aromatic carbocycles. The smallest absolute Gasteiger partial charge is 0.244 e. The summed E-state index contributed by atoms with van der Waals surface area (Å²) in [4.78, 5) is 0.260. The Morgan fingerprint density at radius 1 is 1.37 bits per heavy atom. The predicted molar refractivity (Wildman–Crippen MR) is 80.0 cm³/mol. The molecule has 1 heterocycles. The fraction of sp³-hybridized carbons (Fsp3) is 0.750. The number of H-pyrrole nitrogens is 1. The van der Waals surface area contributed by atoms with E-state index in [2.05, 4.69) is 30.8 Å². The standard InChI is InChI=1S/C12H22BrN3O2S/c1-8-11(9(2)15-14-8)19(17,18)16-10(6-7-13)12(3,4)5/h10,16H,6-7H2,1-5H3,(H,14,15). The molecule has 0 saturated carbocycles. The Kier molecular flexibility index (Phi) is 5.20. The van der Waals surface area contributed by atoms with Crippen LogP contribution in [0.15, 0.2) is 4.90 Å². The van der Waals surface area contributed by atoms with Gasteiger partial charge >= 0.3 is 0 Å². The van der Waals surface area contributed by atoms with Crippen molar-refractivity contribution >= 4 is 26.0 Å². The number of hydrogen-bond acceptors (Lipinski definition) is 3. The molecule has 0 amide bonds. The van der Waals surface area contributed by atoms with Crippen molar-refractivity contribution in [3.8, 4) is 0 Å². The van der Waals surface area contributed by atoms with E-state index in [0.29, 0.717) is 11.4 Å². The van der Waals surface area contributed by atoms with Crippen molar-refractivity contribution in [1.29, 1.82) is 0 Å². The molecule has 1 atom stereocenters. The van der Waals surface area contributed by atoms with Crippen LogP contribution in [0.3, 0.4) is 0 Å². The third kappa shape index (κ3) is 4.03. The Bertz CT molecular complexity index is 512. The largest absolute Gasteiger partial charge is 0.281 e. The highest BCUT2D eigenvalue weighted by molar-refractivity contribution is 9.09. The van der Waals surface area contributed by atoms with E-state index in [9.17, 15) is 8.42 Å². The zero-order valence-electron chi connectivity index (χ0n) is 12.0. The van der Waals surface area contributed by atoms with Crippen molar-refractivity contribution in [2.75, 3.05) is 5.33 Å². The number of nitrogens with one attached hydrogen (secondary N) is 2. The van der Waals surface area contributed by atoms with Gasteiger partial charge in [0.05, 0.1) is 11.4 Å². The number of alkyl halides is 1. The summed E-state index contributed by atoms with van der Waals surface area (Å²) in [5.74, 6) is 0. The van der Waals surface area contributed by atoms with Crippen LogP contribution in [0.2, 0.25) is 0 Å². The first kappa shape index (κ1) is 16.7. The molecule has 2 N–H and O–H groups in total. The summed E-state index contributed by atoms with van der Waals surface area (Å²) in [5.41, 5.74) is 0.917. The molecular weight excluding hydrogens is 330 g/mol. The highest BCUT2D eigenvalue weighted by Gasteiger charge is 2.31. The lowest BCUT2D eigenvalue weighted by atomic mass is 9.86. The first-order valence-electron chi connectivity index (χ1n) is 6.19. The number of nitrogens with zero attached hydrogens (tertiary/aromatic N) is 1. The number of aryl methyl sites for hydroxylation is 2. The molecular formula is C12H22BrN3O2S. The Morgan fingerprint density at radius 3 is 2.32 bits per heavy atom. The van der Waals surface area contributed by atoms with Crippen LogP contribution in [0, 0.1) is 19.3 Å². The van der Waals surface area contributed by atoms with Crippen molar-refractivity contribution in [2.45, 2.75) is 52.0 Å². The minimum Gasteiger partial charge on any atom is -0.281 e. The average molecular weight is 352 g/mol. The number of halogens is 1. The molecule has 0 fully saturated rings. The van der Waals surface area contributed by atoms with E-state index in [1.807, 2.05) is 20.8 Å². The second-order valence-electron chi connectivity index (χ2n) is 5.78. The monoisotopic (exact) mass is 351 g/mol. The van der Waals surface area contributed by atoms with Crippen LogP contribution < -0.4 is 4.72 Å². The van der Waals surface area contributed by atoms with Crippen molar-refractivity contribution in [3.05, 3.63) is 11.4 Å². The summed E-state index contributed by atoms with van der Waals surface area (Å²) in [6.07, 6.45) is 0.735. The molecule has 5 nitrogen and oxygen atoms in total. The van der Waals surface area contributed by atoms with Crippen LogP contribution in [0.1, 0.15) is 38.6 Å². The fourth-order valence-corrected chi connectivity index (χ4v) is 4.27. The van der Waals surface area contributed by atoms with Crippen LogP contribution in [0.25, 0.3) is 0 Å². The molecule has 1 unspecified atom stereocenters. The summed E-state index contributed by atoms with van der Waals surface area (Å²) in [5, 5.41) is 7.40. The maximum Gasteiger partial charge on any atom is 0.244 e. The lowest BCUT2D eigenvalue weighted by Gasteiger charge is -2.30. The van der Waals surface area contributed by atoms with Gasteiger partial charge in [-0.15, -0.1) is 0 Å². The minimum absolute atomic E-state index is 0.134. The molecule has 19 heavy (non-hydrogen) atoms. The van der Waals surface area contributed by atoms with Gasteiger partial charge in [0.2, 0.25) is 10.0 Å². The van der Waals surface area contributed by atoms with E-state index in [1.165, 1.54) is 0 Å². The quantitative estimate of drug-likeness (QED) is 0.800. The number of sulfonamides is 1. The highest BCUT2D eigenvalue weighted by Crippen LogP contribution is 2.25. The maximum atomic E-state index is 12.5. The van der Waals surface area contributed by atoms with Gasteiger partial charge in [-0.05, 0) is 25.7 Å². The molecule has 0 aliphatic heterocycles. The lowest BCUT2D eigenvalue weighted by Crippen LogP contribution is -2.44. The van der Waals surface area contributed by atoms with Gasteiger partial charge in [0, 0.05) is 11.4 Å². The van der Waals surface area contributed by atoms with Gasteiger partial charge in [0.1, 0.15) is 4.90 Å². The van der Waals surface area contributed by atoms with Crippen LogP contribution in [0.4, 0.5) is 0 Å². The summed E-state index contributed by atoms with van der Waals surface area (Å²) < 4.78 is 27.8. The molecule has 110 valence electrons. The van der Waals surface area contributed by atoms with Crippen molar-refractivity contribution in [2.24, 2.45) is 5.41 Å². The Balaban J connectivity index is 3.08. The van der Waals surface area contributed by atoms with Crippen molar-refractivity contribution in [3.63, 3.8) is 0 Å². The molecule has 1 rings (SSSR count). The number of aromatic amines is 1. The van der Waals surface area contributed by atoms with Gasteiger partial charge in [0.15, 0.2) is 0 Å². The molecule has 0 bridgehead atoms. The van der Waals surface area contributed by atoms with Crippen molar-refractivity contribution in [1.82, 2.24) is 14.9 Å². The van der Waals surface area contributed by atoms with Gasteiger partial charge in [-0.3, -0.25) is 5.10 Å². The third-order valence-corrected chi connectivity index (χ3v) is 5.26. The first-order valence-corrected chi connectivity index (χ1v) is 8.80. The van der Waals surface area contributed by atoms with Crippen LogP contribution in [-0.4, -0.2) is 30.0 Å². The lowest BCUT2D eigenvalue weighted by molar-refractivity contribution is 0.293. The number of aromatic nitrogens is 2. The molecule has 0 saturated heterocycles. The Labute approximate surface area is 123 Å². The molecule has 0 aliphatic carbocycles. The maximum absolute atomic E-state index is 12.5. The van der Waals surface area contributed by atoms with E-state index in [1.54, 1.807) is 13.8 Å². The third-order valence-electron chi connectivity index (χ3n) is 3.07. The van der Waals surface area contributed by atoms with E-state index < -0.39 is 10.0 Å². The number of hydrogen-bond donors (Lipinski definition) is 2. The molecule has 0 aliphatic rings. The zero-order chi connectivity index (χ0) is 14.8. The van der Waals surface area contributed by atoms with Crippen LogP contribution in [-0.2, 0) is 10.0 Å². The zero-order valence-corrected chi connectivity index (χ0v) is 14.4. The van der Waals surface area contributed by atoms with E-state index in [-0.39, 0.29) is 16.4 Å². The Hall–Kier alpha value is -0.400. The average Bonchev–Trinajstić information content (AvgIpc) is 2.56.